The number of aliphatic hydroxyl groups is 1. The second-order valence-electron chi connectivity index (χ2n) is 5.66. The number of nitrogens with zero attached hydrogens (tertiary/aromatic N) is 3. The first kappa shape index (κ1) is 14.8. The summed E-state index contributed by atoms with van der Waals surface area (Å²) in [5, 5.41) is 8.97. The molecule has 1 unspecified atom stereocenters. The van der Waals surface area contributed by atoms with Crippen LogP contribution in [0, 0.1) is 0 Å². The summed E-state index contributed by atoms with van der Waals surface area (Å²) in [5.74, 6) is 0.854. The van der Waals surface area contributed by atoms with Crippen LogP contribution in [-0.2, 0) is 0 Å². The predicted molar refractivity (Wildman–Crippen MR) is 83.9 cm³/mol. The standard InChI is InChI=1S/C17H21N3O2/c21-12-4-6-15-5-3-11-20(15)17(22)14-7-8-16(18-13-14)19-9-1-2-10-19/h1-2,7-10,13,15,21H,3-6,11-12H2. The molecule has 5 heteroatoms. The number of carbonyl (C=O) groups excluding carboxylic acids is 1. The van der Waals surface area contributed by atoms with Gasteiger partial charge in [-0.2, -0.15) is 0 Å². The molecular formula is C17H21N3O2. The Labute approximate surface area is 130 Å². The third-order valence-corrected chi connectivity index (χ3v) is 4.20. The summed E-state index contributed by atoms with van der Waals surface area (Å²) in [6.45, 7) is 0.986. The number of carbonyl (C=O) groups is 1. The predicted octanol–water partition coefficient (Wildman–Crippen LogP) is 2.25. The number of aliphatic hydroxyl groups excluding tert-OH is 1. The second kappa shape index (κ2) is 6.75. The van der Waals surface area contributed by atoms with E-state index in [1.807, 2.05) is 46.1 Å². The molecule has 0 aliphatic carbocycles. The number of aromatic nitrogens is 2. The van der Waals surface area contributed by atoms with E-state index in [0.717, 1.165) is 38.0 Å². The van der Waals surface area contributed by atoms with Crippen LogP contribution in [0.4, 0.5) is 0 Å². The van der Waals surface area contributed by atoms with Gasteiger partial charge in [-0.3, -0.25) is 4.79 Å². The van der Waals surface area contributed by atoms with E-state index >= 15 is 0 Å². The molecule has 0 bridgehead atoms. The Morgan fingerprint density at radius 1 is 1.32 bits per heavy atom. The van der Waals surface area contributed by atoms with Crippen molar-refractivity contribution in [3.05, 3.63) is 48.4 Å². The molecule has 3 rings (SSSR count). The molecule has 3 heterocycles. The van der Waals surface area contributed by atoms with Crippen LogP contribution in [0.15, 0.2) is 42.9 Å². The molecule has 1 aliphatic heterocycles. The summed E-state index contributed by atoms with van der Waals surface area (Å²) >= 11 is 0. The number of hydrogen-bond donors (Lipinski definition) is 1. The van der Waals surface area contributed by atoms with Crippen molar-refractivity contribution < 1.29 is 9.90 Å². The molecule has 1 atom stereocenters. The topological polar surface area (TPSA) is 58.4 Å². The number of pyridine rings is 1. The molecule has 116 valence electrons. The molecule has 1 fully saturated rings. The minimum atomic E-state index is 0.0481. The van der Waals surface area contributed by atoms with E-state index in [1.165, 1.54) is 0 Å². The lowest BCUT2D eigenvalue weighted by Crippen LogP contribution is -2.35. The van der Waals surface area contributed by atoms with Crippen molar-refractivity contribution >= 4 is 5.91 Å². The fourth-order valence-corrected chi connectivity index (χ4v) is 3.05. The van der Waals surface area contributed by atoms with Crippen molar-refractivity contribution in [2.75, 3.05) is 13.2 Å². The molecule has 0 radical (unpaired) electrons. The molecule has 2 aromatic heterocycles. The molecule has 1 N–H and O–H groups in total. The zero-order valence-electron chi connectivity index (χ0n) is 12.6. The Morgan fingerprint density at radius 2 is 2.14 bits per heavy atom. The lowest BCUT2D eigenvalue weighted by Gasteiger charge is -2.24. The Kier molecular flexibility index (Phi) is 4.53. The number of likely N-dealkylation sites (tertiary alicyclic amines) is 1. The third kappa shape index (κ3) is 3.04. The normalized spacial score (nSPS) is 17.9. The van der Waals surface area contributed by atoms with E-state index in [2.05, 4.69) is 4.98 Å². The Bertz CT molecular complexity index is 607. The smallest absolute Gasteiger partial charge is 0.255 e. The van der Waals surface area contributed by atoms with E-state index < -0.39 is 0 Å². The summed E-state index contributed by atoms with van der Waals surface area (Å²) in [5.41, 5.74) is 0.631. The highest BCUT2D eigenvalue weighted by Crippen LogP contribution is 2.23. The first-order chi connectivity index (χ1) is 10.8. The van der Waals surface area contributed by atoms with E-state index in [9.17, 15) is 4.79 Å². The summed E-state index contributed by atoms with van der Waals surface area (Å²) < 4.78 is 1.91. The van der Waals surface area contributed by atoms with Gasteiger partial charge in [-0.1, -0.05) is 0 Å². The highest BCUT2D eigenvalue weighted by Gasteiger charge is 2.28. The van der Waals surface area contributed by atoms with Gasteiger partial charge in [-0.05, 0) is 49.9 Å². The van der Waals surface area contributed by atoms with E-state index in [4.69, 9.17) is 5.11 Å². The first-order valence-electron chi connectivity index (χ1n) is 7.81. The molecule has 5 nitrogen and oxygen atoms in total. The molecule has 0 aromatic carbocycles. The summed E-state index contributed by atoms with van der Waals surface area (Å²) in [6, 6.07) is 7.84. The van der Waals surface area contributed by atoms with Crippen LogP contribution in [0.25, 0.3) is 5.82 Å². The molecule has 0 saturated carbocycles. The van der Waals surface area contributed by atoms with Crippen molar-refractivity contribution in [3.8, 4) is 5.82 Å². The Hall–Kier alpha value is -2.14. The number of amides is 1. The van der Waals surface area contributed by atoms with Crippen molar-refractivity contribution in [1.82, 2.24) is 14.5 Å². The van der Waals surface area contributed by atoms with Gasteiger partial charge in [0, 0.05) is 37.8 Å². The lowest BCUT2D eigenvalue weighted by atomic mass is 10.1. The molecule has 2 aromatic rings. The van der Waals surface area contributed by atoms with E-state index in [-0.39, 0.29) is 18.6 Å². The van der Waals surface area contributed by atoms with Gasteiger partial charge in [0.2, 0.25) is 0 Å². The van der Waals surface area contributed by atoms with Crippen molar-refractivity contribution in [2.45, 2.75) is 31.7 Å². The van der Waals surface area contributed by atoms with E-state index in [1.54, 1.807) is 6.20 Å². The first-order valence-corrected chi connectivity index (χ1v) is 7.81. The molecule has 22 heavy (non-hydrogen) atoms. The second-order valence-corrected chi connectivity index (χ2v) is 5.66. The van der Waals surface area contributed by atoms with Crippen LogP contribution in [0.1, 0.15) is 36.0 Å². The van der Waals surface area contributed by atoms with Gasteiger partial charge in [0.15, 0.2) is 0 Å². The highest BCUT2D eigenvalue weighted by atomic mass is 16.3. The maximum absolute atomic E-state index is 12.6. The fourth-order valence-electron chi connectivity index (χ4n) is 3.05. The fraction of sp³-hybridized carbons (Fsp3) is 0.412. The zero-order chi connectivity index (χ0) is 15.4. The molecule has 1 saturated heterocycles. The van der Waals surface area contributed by atoms with Gasteiger partial charge in [0.05, 0.1) is 5.56 Å². The van der Waals surface area contributed by atoms with Gasteiger partial charge in [-0.25, -0.2) is 4.98 Å². The van der Waals surface area contributed by atoms with E-state index in [0.29, 0.717) is 5.56 Å². The number of hydrogen-bond acceptors (Lipinski definition) is 3. The summed E-state index contributed by atoms with van der Waals surface area (Å²) in [4.78, 5) is 18.9. The summed E-state index contributed by atoms with van der Waals surface area (Å²) in [7, 11) is 0. The van der Waals surface area contributed by atoms with Gasteiger partial charge >= 0.3 is 0 Å². The minimum absolute atomic E-state index is 0.0481. The van der Waals surface area contributed by atoms with Crippen LogP contribution in [0.2, 0.25) is 0 Å². The molecule has 0 spiro atoms. The Balaban J connectivity index is 1.72. The van der Waals surface area contributed by atoms with Crippen LogP contribution in [-0.4, -0.2) is 44.7 Å². The van der Waals surface area contributed by atoms with Gasteiger partial charge < -0.3 is 14.6 Å². The van der Waals surface area contributed by atoms with Gasteiger partial charge in [0.1, 0.15) is 5.82 Å². The molecule has 1 amide bonds. The van der Waals surface area contributed by atoms with Crippen LogP contribution in [0.3, 0.4) is 0 Å². The quantitative estimate of drug-likeness (QED) is 0.921. The largest absolute Gasteiger partial charge is 0.396 e. The van der Waals surface area contributed by atoms with Gasteiger partial charge in [-0.15, -0.1) is 0 Å². The summed E-state index contributed by atoms with van der Waals surface area (Å²) in [6.07, 6.45) is 9.19. The van der Waals surface area contributed by atoms with Crippen molar-refractivity contribution in [1.29, 1.82) is 0 Å². The maximum Gasteiger partial charge on any atom is 0.255 e. The SMILES string of the molecule is O=C(c1ccc(-n2cccc2)nc1)N1CCCC1CCCO. The molecular weight excluding hydrogens is 278 g/mol. The maximum atomic E-state index is 12.6. The van der Waals surface area contributed by atoms with Gasteiger partial charge in [0.25, 0.3) is 5.91 Å². The average molecular weight is 299 g/mol. The lowest BCUT2D eigenvalue weighted by molar-refractivity contribution is 0.0724. The Morgan fingerprint density at radius 3 is 2.82 bits per heavy atom. The van der Waals surface area contributed by atoms with Crippen LogP contribution in [0.5, 0.6) is 0 Å². The number of rotatable bonds is 5. The van der Waals surface area contributed by atoms with Crippen molar-refractivity contribution in [2.24, 2.45) is 0 Å². The monoisotopic (exact) mass is 299 g/mol. The molecule has 1 aliphatic rings. The van der Waals surface area contributed by atoms with Crippen LogP contribution >= 0.6 is 0 Å². The van der Waals surface area contributed by atoms with Crippen LogP contribution < -0.4 is 0 Å². The minimum Gasteiger partial charge on any atom is -0.396 e. The van der Waals surface area contributed by atoms with Crippen molar-refractivity contribution in [3.63, 3.8) is 0 Å². The highest BCUT2D eigenvalue weighted by molar-refractivity contribution is 5.94. The zero-order valence-corrected chi connectivity index (χ0v) is 12.6. The third-order valence-electron chi connectivity index (χ3n) is 4.20. The average Bonchev–Trinajstić information content (AvgIpc) is 3.24.